The largest absolute Gasteiger partial charge is 0.384 e. The Morgan fingerprint density at radius 2 is 1.68 bits per heavy atom. The Bertz CT molecular complexity index is 470. The second kappa shape index (κ2) is 8.13. The fourth-order valence-electron chi connectivity index (χ4n) is 1.78. The highest BCUT2D eigenvalue weighted by atomic mass is 35.5. The molecule has 100 valence electrons. The summed E-state index contributed by atoms with van der Waals surface area (Å²) in [6, 6.07) is 19.0. The maximum Gasteiger partial charge on any atom is 0.0340 e. The van der Waals surface area contributed by atoms with Crippen LogP contribution < -0.4 is 5.32 Å². The van der Waals surface area contributed by atoms with Crippen molar-refractivity contribution in [3.05, 3.63) is 60.2 Å². The molecule has 2 aromatic carbocycles. The summed E-state index contributed by atoms with van der Waals surface area (Å²) in [6.07, 6.45) is 0.936. The molecule has 0 aromatic heterocycles. The maximum atomic E-state index is 5.72. The van der Waals surface area contributed by atoms with Gasteiger partial charge in [-0.15, -0.1) is 23.4 Å². The van der Waals surface area contributed by atoms with Gasteiger partial charge < -0.3 is 5.32 Å². The van der Waals surface area contributed by atoms with E-state index in [9.17, 15) is 0 Å². The summed E-state index contributed by atoms with van der Waals surface area (Å²) in [5.74, 6) is 1.74. The number of nitrogens with one attached hydrogen (secondary N) is 1. The van der Waals surface area contributed by atoms with Gasteiger partial charge in [-0.05, 0) is 36.2 Å². The molecule has 2 rings (SSSR count). The van der Waals surface area contributed by atoms with E-state index in [1.54, 1.807) is 0 Å². The first-order valence-electron chi connectivity index (χ1n) is 6.45. The summed E-state index contributed by atoms with van der Waals surface area (Å²) in [4.78, 5) is 1.32. The van der Waals surface area contributed by atoms with Gasteiger partial charge in [-0.3, -0.25) is 0 Å². The zero-order valence-electron chi connectivity index (χ0n) is 10.8. The first kappa shape index (κ1) is 14.3. The van der Waals surface area contributed by atoms with E-state index in [1.165, 1.54) is 16.1 Å². The number of alkyl halides is 1. The van der Waals surface area contributed by atoms with Crippen LogP contribution in [0.15, 0.2) is 59.5 Å². The van der Waals surface area contributed by atoms with Crippen LogP contribution in [0.1, 0.15) is 5.56 Å². The van der Waals surface area contributed by atoms with Crippen LogP contribution in [-0.4, -0.2) is 18.2 Å². The molecule has 1 N–H and O–H groups in total. The third-order valence-corrected chi connectivity index (χ3v) is 3.98. The summed E-state index contributed by atoms with van der Waals surface area (Å²) < 4.78 is 0. The third kappa shape index (κ3) is 5.17. The Labute approximate surface area is 124 Å². The van der Waals surface area contributed by atoms with Gasteiger partial charge in [0.2, 0.25) is 0 Å². The Balaban J connectivity index is 1.70. The van der Waals surface area contributed by atoms with Crippen LogP contribution in [0.4, 0.5) is 5.69 Å². The highest BCUT2D eigenvalue weighted by Gasteiger charge is 1.95. The quantitative estimate of drug-likeness (QED) is 0.452. The molecule has 0 heterocycles. The number of rotatable bonds is 7. The van der Waals surface area contributed by atoms with Gasteiger partial charge in [-0.1, -0.05) is 30.3 Å². The van der Waals surface area contributed by atoms with E-state index in [0.717, 1.165) is 18.7 Å². The molecule has 0 amide bonds. The molecule has 19 heavy (non-hydrogen) atoms. The van der Waals surface area contributed by atoms with Crippen LogP contribution in [-0.2, 0) is 6.42 Å². The number of aryl methyl sites for hydroxylation is 1. The van der Waals surface area contributed by atoms with Crippen molar-refractivity contribution >= 4 is 29.1 Å². The average molecular weight is 292 g/mol. The first-order valence-corrected chi connectivity index (χ1v) is 7.97. The van der Waals surface area contributed by atoms with Crippen molar-refractivity contribution in [3.8, 4) is 0 Å². The van der Waals surface area contributed by atoms with Crippen LogP contribution >= 0.6 is 23.4 Å². The molecule has 0 fully saturated rings. The molecule has 2 aromatic rings. The molecule has 0 saturated heterocycles. The van der Waals surface area contributed by atoms with Gasteiger partial charge in [0.25, 0.3) is 0 Å². The molecule has 0 atom stereocenters. The topological polar surface area (TPSA) is 12.0 Å². The van der Waals surface area contributed by atoms with Crippen molar-refractivity contribution in [2.24, 2.45) is 0 Å². The summed E-state index contributed by atoms with van der Waals surface area (Å²) in [6.45, 7) is 0.967. The van der Waals surface area contributed by atoms with E-state index in [1.807, 2.05) is 17.8 Å². The van der Waals surface area contributed by atoms with Gasteiger partial charge in [0.05, 0.1) is 0 Å². The fourth-order valence-corrected chi connectivity index (χ4v) is 2.79. The average Bonchev–Trinajstić information content (AvgIpc) is 2.47. The van der Waals surface area contributed by atoms with Crippen LogP contribution in [0.25, 0.3) is 0 Å². The molecule has 0 aliphatic rings. The SMILES string of the molecule is ClCCc1ccc(NCCSc2ccccc2)cc1. The lowest BCUT2D eigenvalue weighted by Gasteiger charge is -2.07. The van der Waals surface area contributed by atoms with Gasteiger partial charge in [0.15, 0.2) is 0 Å². The Kier molecular flexibility index (Phi) is 6.12. The molecule has 0 aliphatic carbocycles. The maximum absolute atomic E-state index is 5.72. The Hall–Kier alpha value is -1.12. The number of thioether (sulfide) groups is 1. The zero-order valence-corrected chi connectivity index (χ0v) is 12.4. The highest BCUT2D eigenvalue weighted by molar-refractivity contribution is 7.99. The first-order chi connectivity index (χ1) is 9.38. The predicted octanol–water partition coefficient (Wildman–Crippen LogP) is 4.67. The number of anilines is 1. The number of hydrogen-bond acceptors (Lipinski definition) is 2. The van der Waals surface area contributed by atoms with E-state index >= 15 is 0 Å². The van der Waals surface area contributed by atoms with E-state index in [4.69, 9.17) is 11.6 Å². The molecule has 0 saturated carbocycles. The highest BCUT2D eigenvalue weighted by Crippen LogP contribution is 2.17. The minimum atomic E-state index is 0.681. The van der Waals surface area contributed by atoms with Crippen LogP contribution in [0.2, 0.25) is 0 Å². The molecule has 0 spiro atoms. The number of halogens is 1. The van der Waals surface area contributed by atoms with Crippen molar-refractivity contribution < 1.29 is 0 Å². The monoisotopic (exact) mass is 291 g/mol. The second-order valence-corrected chi connectivity index (χ2v) is 5.77. The van der Waals surface area contributed by atoms with Gasteiger partial charge >= 0.3 is 0 Å². The minimum absolute atomic E-state index is 0.681. The van der Waals surface area contributed by atoms with Crippen molar-refractivity contribution in [1.82, 2.24) is 0 Å². The lowest BCUT2D eigenvalue weighted by atomic mass is 10.1. The smallest absolute Gasteiger partial charge is 0.0340 e. The zero-order chi connectivity index (χ0) is 13.3. The van der Waals surface area contributed by atoms with Crippen LogP contribution in [0.5, 0.6) is 0 Å². The Morgan fingerprint density at radius 3 is 2.37 bits per heavy atom. The molecule has 0 radical (unpaired) electrons. The van der Waals surface area contributed by atoms with E-state index in [2.05, 4.69) is 53.8 Å². The lowest BCUT2D eigenvalue weighted by molar-refractivity contribution is 1.14. The van der Waals surface area contributed by atoms with Gasteiger partial charge in [0.1, 0.15) is 0 Å². The number of hydrogen-bond donors (Lipinski definition) is 1. The molecule has 0 aliphatic heterocycles. The van der Waals surface area contributed by atoms with E-state index < -0.39 is 0 Å². The minimum Gasteiger partial charge on any atom is -0.384 e. The molecular weight excluding hydrogens is 274 g/mol. The predicted molar refractivity (Wildman–Crippen MR) is 86.5 cm³/mol. The van der Waals surface area contributed by atoms with Crippen LogP contribution in [0.3, 0.4) is 0 Å². The molecule has 1 nitrogen and oxygen atoms in total. The molecule has 0 bridgehead atoms. The lowest BCUT2D eigenvalue weighted by Crippen LogP contribution is -2.03. The summed E-state index contributed by atoms with van der Waals surface area (Å²) in [7, 11) is 0. The van der Waals surface area contributed by atoms with Gasteiger partial charge in [-0.2, -0.15) is 0 Å². The van der Waals surface area contributed by atoms with E-state index in [-0.39, 0.29) is 0 Å². The third-order valence-electron chi connectivity index (χ3n) is 2.78. The standard InChI is InChI=1S/C16H18ClNS/c17-11-10-14-6-8-15(9-7-14)18-12-13-19-16-4-2-1-3-5-16/h1-9,18H,10-13H2. The van der Waals surface area contributed by atoms with Crippen molar-refractivity contribution in [2.45, 2.75) is 11.3 Å². The summed E-state index contributed by atoms with van der Waals surface area (Å²) in [5.41, 5.74) is 2.46. The van der Waals surface area contributed by atoms with Gasteiger partial charge in [0, 0.05) is 28.8 Å². The van der Waals surface area contributed by atoms with Crippen molar-refractivity contribution in [3.63, 3.8) is 0 Å². The fraction of sp³-hybridized carbons (Fsp3) is 0.250. The van der Waals surface area contributed by atoms with E-state index in [0.29, 0.717) is 5.88 Å². The Morgan fingerprint density at radius 1 is 0.947 bits per heavy atom. The van der Waals surface area contributed by atoms with Crippen molar-refractivity contribution in [2.75, 3.05) is 23.5 Å². The van der Waals surface area contributed by atoms with Crippen LogP contribution in [0, 0.1) is 0 Å². The second-order valence-electron chi connectivity index (χ2n) is 4.22. The molecule has 3 heteroatoms. The number of benzene rings is 2. The van der Waals surface area contributed by atoms with Gasteiger partial charge in [-0.25, -0.2) is 0 Å². The summed E-state index contributed by atoms with van der Waals surface area (Å²) >= 11 is 7.59. The van der Waals surface area contributed by atoms with Crippen molar-refractivity contribution in [1.29, 1.82) is 0 Å². The molecular formula is C16H18ClNS. The summed E-state index contributed by atoms with van der Waals surface area (Å²) in [5, 5.41) is 3.43. The normalized spacial score (nSPS) is 10.4. The molecule has 0 unspecified atom stereocenters.